The first kappa shape index (κ1) is 21.2. The summed E-state index contributed by atoms with van der Waals surface area (Å²) in [6, 6.07) is 11.0. The van der Waals surface area contributed by atoms with Crippen LogP contribution in [0.25, 0.3) is 0 Å². The lowest BCUT2D eigenvalue weighted by Gasteiger charge is -2.34. The molecule has 1 saturated heterocycles. The van der Waals surface area contributed by atoms with Gasteiger partial charge in [-0.2, -0.15) is 0 Å². The first-order valence-electron chi connectivity index (χ1n) is 9.96. The number of carbonyl (C=O) groups excluding carboxylic acids is 1. The van der Waals surface area contributed by atoms with E-state index in [-0.39, 0.29) is 5.91 Å². The van der Waals surface area contributed by atoms with E-state index in [2.05, 4.69) is 56.2 Å². The van der Waals surface area contributed by atoms with Gasteiger partial charge < -0.3 is 16.0 Å². The van der Waals surface area contributed by atoms with Crippen LogP contribution in [0.15, 0.2) is 35.3 Å². The van der Waals surface area contributed by atoms with Crippen molar-refractivity contribution in [3.8, 4) is 0 Å². The molecule has 1 aliphatic heterocycles. The molecule has 27 heavy (non-hydrogen) atoms. The van der Waals surface area contributed by atoms with Crippen LogP contribution in [-0.4, -0.2) is 56.0 Å². The predicted molar refractivity (Wildman–Crippen MR) is 112 cm³/mol. The van der Waals surface area contributed by atoms with Crippen molar-refractivity contribution in [2.45, 2.75) is 46.2 Å². The van der Waals surface area contributed by atoms with Gasteiger partial charge in [0, 0.05) is 39.3 Å². The number of aliphatic imine (C=N–C) groups is 1. The van der Waals surface area contributed by atoms with Crippen LogP contribution in [0.3, 0.4) is 0 Å². The summed E-state index contributed by atoms with van der Waals surface area (Å²) in [5.41, 5.74) is 0.865. The molecule has 0 radical (unpaired) electrons. The summed E-state index contributed by atoms with van der Waals surface area (Å²) in [6.07, 6.45) is 2.30. The van der Waals surface area contributed by atoms with E-state index < -0.39 is 5.41 Å². The van der Waals surface area contributed by atoms with Crippen molar-refractivity contribution in [1.29, 1.82) is 0 Å². The van der Waals surface area contributed by atoms with Gasteiger partial charge in [0.25, 0.3) is 0 Å². The first-order chi connectivity index (χ1) is 12.9. The number of likely N-dealkylation sites (tertiary alicyclic amines) is 1. The fourth-order valence-electron chi connectivity index (χ4n) is 3.33. The third kappa shape index (κ3) is 6.86. The predicted octanol–water partition coefficient (Wildman–Crippen LogP) is 1.98. The molecule has 1 amide bonds. The molecule has 150 valence electrons. The van der Waals surface area contributed by atoms with E-state index in [1.54, 1.807) is 7.05 Å². The minimum absolute atomic E-state index is 0.0552. The van der Waals surface area contributed by atoms with E-state index in [1.807, 2.05) is 20.8 Å². The number of guanidine groups is 1. The molecule has 6 heteroatoms. The van der Waals surface area contributed by atoms with Gasteiger partial charge >= 0.3 is 0 Å². The number of nitrogens with one attached hydrogen (secondary N) is 3. The van der Waals surface area contributed by atoms with E-state index >= 15 is 0 Å². The van der Waals surface area contributed by atoms with E-state index in [4.69, 9.17) is 0 Å². The topological polar surface area (TPSA) is 68.8 Å². The molecule has 1 atom stereocenters. The van der Waals surface area contributed by atoms with E-state index in [0.29, 0.717) is 19.1 Å². The van der Waals surface area contributed by atoms with Crippen LogP contribution < -0.4 is 16.0 Å². The molecular formula is C21H35N5O. The molecule has 0 aromatic heterocycles. The number of benzene rings is 1. The van der Waals surface area contributed by atoms with E-state index in [1.165, 1.54) is 12.0 Å². The van der Waals surface area contributed by atoms with Gasteiger partial charge in [0.1, 0.15) is 0 Å². The monoisotopic (exact) mass is 373 g/mol. The van der Waals surface area contributed by atoms with Gasteiger partial charge in [0.15, 0.2) is 5.96 Å². The smallest absolute Gasteiger partial charge is 0.227 e. The molecule has 2 rings (SSSR count). The van der Waals surface area contributed by atoms with Crippen molar-refractivity contribution in [2.75, 3.05) is 33.2 Å². The normalized spacial score (nSPS) is 18.8. The highest BCUT2D eigenvalue weighted by molar-refractivity contribution is 5.84. The number of hydrogen-bond donors (Lipinski definition) is 3. The summed E-state index contributed by atoms with van der Waals surface area (Å²) in [6.45, 7) is 10.1. The number of hydrogen-bond acceptors (Lipinski definition) is 3. The van der Waals surface area contributed by atoms with Gasteiger partial charge in [-0.1, -0.05) is 30.3 Å². The van der Waals surface area contributed by atoms with Crippen molar-refractivity contribution < 1.29 is 4.79 Å². The minimum atomic E-state index is -0.487. The third-order valence-corrected chi connectivity index (χ3v) is 4.97. The largest absolute Gasteiger partial charge is 0.356 e. The Morgan fingerprint density at radius 2 is 2.00 bits per heavy atom. The van der Waals surface area contributed by atoms with E-state index in [0.717, 1.165) is 32.0 Å². The van der Waals surface area contributed by atoms with Crippen molar-refractivity contribution in [1.82, 2.24) is 20.9 Å². The lowest BCUT2D eigenvalue weighted by Crippen LogP contribution is -2.53. The van der Waals surface area contributed by atoms with Gasteiger partial charge in [-0.15, -0.1) is 0 Å². The maximum atomic E-state index is 12.2. The van der Waals surface area contributed by atoms with Crippen LogP contribution in [0.1, 0.15) is 39.2 Å². The molecule has 1 aliphatic rings. The van der Waals surface area contributed by atoms with Crippen molar-refractivity contribution in [3.63, 3.8) is 0 Å². The molecule has 1 aromatic carbocycles. The lowest BCUT2D eigenvalue weighted by atomic mass is 9.92. The number of rotatable bonds is 7. The number of nitrogens with zero attached hydrogens (tertiary/aromatic N) is 2. The average molecular weight is 374 g/mol. The Kier molecular flexibility index (Phi) is 8.10. The second kappa shape index (κ2) is 10.3. The maximum Gasteiger partial charge on any atom is 0.227 e. The quantitative estimate of drug-likeness (QED) is 0.505. The van der Waals surface area contributed by atoms with Crippen LogP contribution in [0.2, 0.25) is 0 Å². The Balaban J connectivity index is 1.83. The molecule has 1 heterocycles. The Labute approximate surface area is 163 Å². The zero-order valence-electron chi connectivity index (χ0n) is 17.2. The number of amides is 1. The maximum absolute atomic E-state index is 12.2. The molecular weight excluding hydrogens is 338 g/mol. The van der Waals surface area contributed by atoms with Crippen LogP contribution >= 0.6 is 0 Å². The summed E-state index contributed by atoms with van der Waals surface area (Å²) in [4.78, 5) is 19.0. The fraction of sp³-hybridized carbons (Fsp3) is 0.619. The highest BCUT2D eigenvalue weighted by Gasteiger charge is 2.28. The Bertz CT molecular complexity index is 614. The third-order valence-electron chi connectivity index (χ3n) is 4.97. The first-order valence-corrected chi connectivity index (χ1v) is 9.96. The molecule has 0 bridgehead atoms. The van der Waals surface area contributed by atoms with Crippen LogP contribution in [0.4, 0.5) is 0 Å². The number of carbonyl (C=O) groups is 1. The molecule has 0 saturated carbocycles. The minimum Gasteiger partial charge on any atom is -0.356 e. The van der Waals surface area contributed by atoms with E-state index in [9.17, 15) is 4.79 Å². The lowest BCUT2D eigenvalue weighted by molar-refractivity contribution is -0.128. The standard InChI is InChI=1S/C21H35N5O/c1-5-23-19(27)21(2,3)16-24-20(22-4)25-18-12-9-13-26(15-18)14-17-10-7-6-8-11-17/h6-8,10-11,18H,5,9,12-16H2,1-4H3,(H,23,27)(H2,22,24,25). The molecule has 0 aliphatic carbocycles. The van der Waals surface area contributed by atoms with Crippen LogP contribution in [-0.2, 0) is 11.3 Å². The summed E-state index contributed by atoms with van der Waals surface area (Å²) in [7, 11) is 1.78. The number of piperidine rings is 1. The Hall–Kier alpha value is -2.08. The molecule has 1 aromatic rings. The zero-order valence-corrected chi connectivity index (χ0v) is 17.2. The summed E-state index contributed by atoms with van der Waals surface area (Å²) >= 11 is 0. The molecule has 0 spiro atoms. The van der Waals surface area contributed by atoms with Crippen molar-refractivity contribution in [3.05, 3.63) is 35.9 Å². The molecule has 6 nitrogen and oxygen atoms in total. The summed E-state index contributed by atoms with van der Waals surface area (Å²) in [5, 5.41) is 9.74. The SMILES string of the molecule is CCNC(=O)C(C)(C)CNC(=NC)NC1CCCN(Cc2ccccc2)C1. The van der Waals surface area contributed by atoms with Gasteiger partial charge in [-0.3, -0.25) is 14.7 Å². The van der Waals surface area contributed by atoms with Crippen molar-refractivity contribution in [2.24, 2.45) is 10.4 Å². The summed E-state index contributed by atoms with van der Waals surface area (Å²) < 4.78 is 0. The Morgan fingerprint density at radius 1 is 1.26 bits per heavy atom. The second-order valence-electron chi connectivity index (χ2n) is 7.87. The van der Waals surface area contributed by atoms with Gasteiger partial charge in [0.2, 0.25) is 5.91 Å². The molecule has 1 unspecified atom stereocenters. The highest BCUT2D eigenvalue weighted by atomic mass is 16.2. The summed E-state index contributed by atoms with van der Waals surface area (Å²) in [5.74, 6) is 0.818. The Morgan fingerprint density at radius 3 is 2.67 bits per heavy atom. The van der Waals surface area contributed by atoms with Crippen LogP contribution in [0, 0.1) is 5.41 Å². The van der Waals surface area contributed by atoms with Gasteiger partial charge in [-0.25, -0.2) is 0 Å². The average Bonchev–Trinajstić information content (AvgIpc) is 2.66. The van der Waals surface area contributed by atoms with Crippen molar-refractivity contribution >= 4 is 11.9 Å². The second-order valence-corrected chi connectivity index (χ2v) is 7.87. The molecule has 3 N–H and O–H groups in total. The fourth-order valence-corrected chi connectivity index (χ4v) is 3.33. The van der Waals surface area contributed by atoms with Gasteiger partial charge in [0.05, 0.1) is 5.41 Å². The van der Waals surface area contributed by atoms with Gasteiger partial charge in [-0.05, 0) is 45.7 Å². The zero-order chi connectivity index (χ0) is 19.7. The molecule has 1 fully saturated rings. The van der Waals surface area contributed by atoms with Crippen LogP contribution in [0.5, 0.6) is 0 Å². The highest BCUT2D eigenvalue weighted by Crippen LogP contribution is 2.15.